The molecule has 1 unspecified atom stereocenters. The summed E-state index contributed by atoms with van der Waals surface area (Å²) < 4.78 is 20.3. The molecule has 1 aromatic carbocycles. The quantitative estimate of drug-likeness (QED) is 0.786. The summed E-state index contributed by atoms with van der Waals surface area (Å²) in [5.74, 6) is 0.755. The molecular weight excluding hydrogens is 243 g/mol. The lowest BCUT2D eigenvalue weighted by Crippen LogP contribution is -2.13. The van der Waals surface area contributed by atoms with E-state index in [1.54, 1.807) is 13.2 Å². The minimum atomic E-state index is -0.274. The van der Waals surface area contributed by atoms with Crippen LogP contribution in [-0.4, -0.2) is 23.3 Å². The third-order valence-electron chi connectivity index (χ3n) is 2.69. The molecule has 17 heavy (non-hydrogen) atoms. The Morgan fingerprint density at radius 3 is 2.94 bits per heavy atom. The highest BCUT2D eigenvalue weighted by atomic mass is 35.5. The summed E-state index contributed by atoms with van der Waals surface area (Å²) in [7, 11) is 1.64. The van der Waals surface area contributed by atoms with Crippen molar-refractivity contribution in [1.82, 2.24) is 9.55 Å². The van der Waals surface area contributed by atoms with Gasteiger partial charge in [0, 0.05) is 7.11 Å². The largest absolute Gasteiger partial charge is 0.383 e. The lowest BCUT2D eigenvalue weighted by molar-refractivity contribution is 0.163. The number of methoxy groups -OCH3 is 1. The zero-order chi connectivity index (χ0) is 12.4. The molecule has 0 amide bonds. The molecule has 0 radical (unpaired) electrons. The maximum atomic E-state index is 13.3. The van der Waals surface area contributed by atoms with Crippen molar-refractivity contribution in [2.45, 2.75) is 18.8 Å². The summed E-state index contributed by atoms with van der Waals surface area (Å²) in [5, 5.41) is 0. The van der Waals surface area contributed by atoms with Crippen molar-refractivity contribution < 1.29 is 9.13 Å². The summed E-state index contributed by atoms with van der Waals surface area (Å²) in [6.45, 7) is 2.53. The van der Waals surface area contributed by atoms with Crippen molar-refractivity contribution in [3.8, 4) is 0 Å². The van der Waals surface area contributed by atoms with Crippen LogP contribution in [0.1, 0.15) is 18.8 Å². The first-order valence-electron chi connectivity index (χ1n) is 5.38. The number of alkyl halides is 1. The van der Waals surface area contributed by atoms with Gasteiger partial charge in [-0.1, -0.05) is 0 Å². The molecular formula is C12H14ClFN2O. The number of nitrogens with zero attached hydrogens (tertiary/aromatic N) is 2. The molecule has 0 fully saturated rings. The normalized spacial score (nSPS) is 13.2. The third kappa shape index (κ3) is 2.28. The predicted molar refractivity (Wildman–Crippen MR) is 65.8 cm³/mol. The molecule has 0 saturated heterocycles. The van der Waals surface area contributed by atoms with E-state index in [2.05, 4.69) is 4.98 Å². The van der Waals surface area contributed by atoms with Gasteiger partial charge in [-0.15, -0.1) is 11.6 Å². The van der Waals surface area contributed by atoms with Crippen molar-refractivity contribution in [3.05, 3.63) is 29.8 Å². The molecule has 1 aromatic heterocycles. The van der Waals surface area contributed by atoms with Crippen LogP contribution in [0.4, 0.5) is 4.39 Å². The maximum absolute atomic E-state index is 13.3. The van der Waals surface area contributed by atoms with Gasteiger partial charge in [-0.25, -0.2) is 9.37 Å². The van der Waals surface area contributed by atoms with Crippen LogP contribution in [0.15, 0.2) is 18.2 Å². The van der Waals surface area contributed by atoms with E-state index in [-0.39, 0.29) is 11.9 Å². The van der Waals surface area contributed by atoms with Crippen LogP contribution in [-0.2, 0) is 10.6 Å². The van der Waals surface area contributed by atoms with Gasteiger partial charge in [0.25, 0.3) is 0 Å². The van der Waals surface area contributed by atoms with Crippen molar-refractivity contribution in [2.75, 3.05) is 13.7 Å². The Hall–Kier alpha value is -1.13. The smallest absolute Gasteiger partial charge is 0.125 e. The van der Waals surface area contributed by atoms with Gasteiger partial charge in [0.05, 0.1) is 29.6 Å². The first-order valence-corrected chi connectivity index (χ1v) is 5.92. The number of fused-ring (bicyclic) bond motifs is 1. The number of hydrogen-bond acceptors (Lipinski definition) is 2. The topological polar surface area (TPSA) is 27.1 Å². The first kappa shape index (κ1) is 12.3. The van der Waals surface area contributed by atoms with Gasteiger partial charge >= 0.3 is 0 Å². The molecule has 2 aromatic rings. The van der Waals surface area contributed by atoms with E-state index in [9.17, 15) is 4.39 Å². The molecule has 0 aliphatic carbocycles. The molecule has 0 aliphatic rings. The van der Waals surface area contributed by atoms with Crippen LogP contribution in [0, 0.1) is 5.82 Å². The highest BCUT2D eigenvalue weighted by Gasteiger charge is 2.15. The number of aromatic nitrogens is 2. The lowest BCUT2D eigenvalue weighted by atomic mass is 10.2. The summed E-state index contributed by atoms with van der Waals surface area (Å²) in [6.07, 6.45) is 0. The molecule has 0 aliphatic heterocycles. The van der Waals surface area contributed by atoms with Gasteiger partial charge in [0.1, 0.15) is 11.6 Å². The molecule has 3 nitrogen and oxygen atoms in total. The fraction of sp³-hybridized carbons (Fsp3) is 0.417. The Labute approximate surface area is 104 Å². The zero-order valence-corrected chi connectivity index (χ0v) is 10.5. The van der Waals surface area contributed by atoms with Crippen LogP contribution in [0.25, 0.3) is 11.0 Å². The fourth-order valence-corrected chi connectivity index (χ4v) is 2.21. The number of hydrogen-bond donors (Lipinski definition) is 0. The number of ether oxygens (including phenoxy) is 1. The van der Waals surface area contributed by atoms with E-state index in [0.717, 1.165) is 16.9 Å². The second kappa shape index (κ2) is 5.02. The highest BCUT2D eigenvalue weighted by Crippen LogP contribution is 2.23. The van der Waals surface area contributed by atoms with Crippen molar-refractivity contribution >= 4 is 22.6 Å². The minimum absolute atomic E-state index is 0.0700. The van der Waals surface area contributed by atoms with Gasteiger partial charge < -0.3 is 9.30 Å². The summed E-state index contributed by atoms with van der Waals surface area (Å²) in [5.41, 5.74) is 1.51. The second-order valence-corrected chi connectivity index (χ2v) is 4.24. The van der Waals surface area contributed by atoms with E-state index in [1.807, 2.05) is 11.5 Å². The van der Waals surface area contributed by atoms with E-state index in [4.69, 9.17) is 16.3 Å². The van der Waals surface area contributed by atoms with E-state index in [0.29, 0.717) is 12.5 Å². The molecule has 1 atom stereocenters. The van der Waals surface area contributed by atoms with Gasteiger partial charge in [0.15, 0.2) is 0 Å². The summed E-state index contributed by atoms with van der Waals surface area (Å²) >= 11 is 5.87. The molecule has 0 spiro atoms. The SMILES string of the molecule is COCC(C)n1c(CCl)nc2ccc(F)cc21. The van der Waals surface area contributed by atoms with E-state index < -0.39 is 0 Å². The average molecular weight is 257 g/mol. The van der Waals surface area contributed by atoms with Crippen LogP contribution in [0.2, 0.25) is 0 Å². The Morgan fingerprint density at radius 1 is 1.53 bits per heavy atom. The molecule has 1 heterocycles. The molecule has 0 saturated carbocycles. The van der Waals surface area contributed by atoms with Gasteiger partial charge in [-0.3, -0.25) is 0 Å². The van der Waals surface area contributed by atoms with Crippen LogP contribution in [0.3, 0.4) is 0 Å². The first-order chi connectivity index (χ1) is 8.17. The Kier molecular flexibility index (Phi) is 3.64. The molecule has 2 rings (SSSR count). The van der Waals surface area contributed by atoms with Crippen LogP contribution < -0.4 is 0 Å². The highest BCUT2D eigenvalue weighted by molar-refractivity contribution is 6.16. The van der Waals surface area contributed by atoms with Gasteiger partial charge in [-0.05, 0) is 25.1 Å². The molecule has 0 bridgehead atoms. The predicted octanol–water partition coefficient (Wildman–Crippen LogP) is 3.12. The van der Waals surface area contributed by atoms with Crippen LogP contribution >= 0.6 is 11.6 Å². The Bertz CT molecular complexity index is 526. The number of rotatable bonds is 4. The summed E-state index contributed by atoms with van der Waals surface area (Å²) in [6, 6.07) is 4.61. The Balaban J connectivity index is 2.60. The second-order valence-electron chi connectivity index (χ2n) is 3.97. The van der Waals surface area contributed by atoms with Gasteiger partial charge in [0.2, 0.25) is 0 Å². The standard InChI is InChI=1S/C12H14ClFN2O/c1-8(7-17-2)16-11-5-9(14)3-4-10(11)15-12(16)6-13/h3-5,8H,6-7H2,1-2H3. The van der Waals surface area contributed by atoms with E-state index in [1.165, 1.54) is 12.1 Å². The summed E-state index contributed by atoms with van der Waals surface area (Å²) in [4.78, 5) is 4.38. The van der Waals surface area contributed by atoms with Crippen LogP contribution in [0.5, 0.6) is 0 Å². The van der Waals surface area contributed by atoms with Crippen molar-refractivity contribution in [3.63, 3.8) is 0 Å². The van der Waals surface area contributed by atoms with Crippen molar-refractivity contribution in [2.24, 2.45) is 0 Å². The van der Waals surface area contributed by atoms with E-state index >= 15 is 0 Å². The number of benzene rings is 1. The maximum Gasteiger partial charge on any atom is 0.125 e. The monoisotopic (exact) mass is 256 g/mol. The number of halogens is 2. The molecule has 5 heteroatoms. The third-order valence-corrected chi connectivity index (χ3v) is 2.93. The fourth-order valence-electron chi connectivity index (χ4n) is 2.02. The van der Waals surface area contributed by atoms with Crippen molar-refractivity contribution in [1.29, 1.82) is 0 Å². The lowest BCUT2D eigenvalue weighted by Gasteiger charge is -2.15. The Morgan fingerprint density at radius 2 is 2.29 bits per heavy atom. The average Bonchev–Trinajstić information content (AvgIpc) is 2.66. The molecule has 92 valence electrons. The molecule has 0 N–H and O–H groups in total. The number of imidazole rings is 1. The van der Waals surface area contributed by atoms with Gasteiger partial charge in [-0.2, -0.15) is 0 Å². The minimum Gasteiger partial charge on any atom is -0.383 e. The zero-order valence-electron chi connectivity index (χ0n) is 9.78.